The van der Waals surface area contributed by atoms with E-state index in [0.717, 1.165) is 68.1 Å². The molecule has 9 aromatic rings. The van der Waals surface area contributed by atoms with Crippen LogP contribution in [0.5, 0.6) is 0 Å². The molecule has 5 aromatic carbocycles. The number of furan rings is 1. The first-order valence-electron chi connectivity index (χ1n) is 16.7. The van der Waals surface area contributed by atoms with Crippen LogP contribution in [0.15, 0.2) is 150 Å². The highest BCUT2D eigenvalue weighted by atomic mass is 32.1. The van der Waals surface area contributed by atoms with Crippen LogP contribution in [0.3, 0.4) is 0 Å². The Kier molecular flexibility index (Phi) is 6.74. The Balaban J connectivity index is 1.12. The summed E-state index contributed by atoms with van der Waals surface area (Å²) in [6.07, 6.45) is 5.35. The Morgan fingerprint density at radius 2 is 1.24 bits per heavy atom. The van der Waals surface area contributed by atoms with E-state index in [1.807, 2.05) is 48.5 Å². The highest BCUT2D eigenvalue weighted by Crippen LogP contribution is 2.45. The summed E-state index contributed by atoms with van der Waals surface area (Å²) in [5.74, 6) is 1.54. The van der Waals surface area contributed by atoms with Crippen molar-refractivity contribution < 1.29 is 4.42 Å². The zero-order chi connectivity index (χ0) is 33.0. The van der Waals surface area contributed by atoms with E-state index >= 15 is 0 Å². The number of hydrogen-bond donors (Lipinski definition) is 0. The van der Waals surface area contributed by atoms with Gasteiger partial charge in [-0.25, -0.2) is 19.9 Å². The van der Waals surface area contributed by atoms with E-state index in [9.17, 15) is 0 Å². The van der Waals surface area contributed by atoms with Crippen molar-refractivity contribution in [2.75, 3.05) is 0 Å². The van der Waals surface area contributed by atoms with Crippen molar-refractivity contribution in [1.82, 2.24) is 19.9 Å². The van der Waals surface area contributed by atoms with Crippen molar-refractivity contribution in [3.63, 3.8) is 0 Å². The second-order valence-electron chi connectivity index (χ2n) is 12.5. The van der Waals surface area contributed by atoms with Crippen LogP contribution in [0, 0.1) is 0 Å². The lowest BCUT2D eigenvalue weighted by Gasteiger charge is -2.20. The fraction of sp³-hybridized carbons (Fsp3) is 0.0455. The van der Waals surface area contributed by atoms with E-state index in [4.69, 9.17) is 24.4 Å². The topological polar surface area (TPSA) is 64.7 Å². The number of hydrogen-bond acceptors (Lipinski definition) is 6. The number of aromatic nitrogens is 4. The Hall–Kier alpha value is -6.24. The van der Waals surface area contributed by atoms with Crippen LogP contribution in [-0.4, -0.2) is 19.9 Å². The predicted molar refractivity (Wildman–Crippen MR) is 204 cm³/mol. The lowest BCUT2D eigenvalue weighted by molar-refractivity contribution is 0.667. The van der Waals surface area contributed by atoms with Gasteiger partial charge in [-0.15, -0.1) is 11.3 Å². The summed E-state index contributed by atoms with van der Waals surface area (Å²) in [5, 5.41) is 2.20. The molecule has 0 saturated heterocycles. The number of fused-ring (bicyclic) bond motifs is 6. The number of allylic oxidation sites excluding steroid dienone is 1. The molecule has 236 valence electrons. The smallest absolute Gasteiger partial charge is 0.180 e. The number of para-hydroxylation sites is 1. The molecule has 0 spiro atoms. The fourth-order valence-corrected chi connectivity index (χ4v) is 8.31. The molecular formula is C44H28N4OS. The number of thiophene rings is 1. The van der Waals surface area contributed by atoms with Gasteiger partial charge in [0.25, 0.3) is 0 Å². The highest BCUT2D eigenvalue weighted by molar-refractivity contribution is 7.20. The number of rotatable bonds is 5. The zero-order valence-corrected chi connectivity index (χ0v) is 27.6. The van der Waals surface area contributed by atoms with Gasteiger partial charge in [0.2, 0.25) is 0 Å². The molecule has 1 aliphatic carbocycles. The van der Waals surface area contributed by atoms with Gasteiger partial charge in [0.1, 0.15) is 22.6 Å². The molecule has 4 aromatic heterocycles. The van der Waals surface area contributed by atoms with Gasteiger partial charge in [-0.1, -0.05) is 121 Å². The van der Waals surface area contributed by atoms with E-state index in [-0.39, 0.29) is 5.92 Å². The van der Waals surface area contributed by atoms with Gasteiger partial charge in [-0.05, 0) is 47.7 Å². The maximum Gasteiger partial charge on any atom is 0.180 e. The molecule has 0 saturated carbocycles. The first-order chi connectivity index (χ1) is 24.8. The van der Waals surface area contributed by atoms with Gasteiger partial charge in [-0.3, -0.25) is 0 Å². The van der Waals surface area contributed by atoms with E-state index in [2.05, 4.69) is 103 Å². The first-order valence-corrected chi connectivity index (χ1v) is 17.6. The average Bonchev–Trinajstić information content (AvgIpc) is 3.76. The standard InChI is InChI=1S/C44H28N4OS/c1-4-13-27(14-5-1)34-26-35(28-15-6-2-7-16-28)46-44(45-34)33-20-12-22-37-39(33)32-24-23-30(25-38(32)50-37)43-47-40(29-17-8-3-9-18-29)42-41(48-43)31-19-10-11-21-36(31)49-42/h1-19,21-26,33H,20H2. The molecule has 0 fully saturated rings. The summed E-state index contributed by atoms with van der Waals surface area (Å²) < 4.78 is 7.53. The summed E-state index contributed by atoms with van der Waals surface area (Å²) in [6.45, 7) is 0. The largest absolute Gasteiger partial charge is 0.452 e. The van der Waals surface area contributed by atoms with Gasteiger partial charge < -0.3 is 4.42 Å². The van der Waals surface area contributed by atoms with Crippen molar-refractivity contribution in [2.24, 2.45) is 0 Å². The van der Waals surface area contributed by atoms with E-state index < -0.39 is 0 Å². The third-order valence-electron chi connectivity index (χ3n) is 9.47. The first kappa shape index (κ1) is 28.7. The molecule has 50 heavy (non-hydrogen) atoms. The molecule has 0 bridgehead atoms. The monoisotopic (exact) mass is 660 g/mol. The Labute approximate surface area is 292 Å². The third kappa shape index (κ3) is 4.84. The zero-order valence-electron chi connectivity index (χ0n) is 26.8. The quantitative estimate of drug-likeness (QED) is 0.184. The van der Waals surface area contributed by atoms with Gasteiger partial charge in [0.05, 0.1) is 11.4 Å². The molecule has 0 N–H and O–H groups in total. The second kappa shape index (κ2) is 11.7. The molecule has 10 rings (SSSR count). The summed E-state index contributed by atoms with van der Waals surface area (Å²) in [6, 6.07) is 47.8. The van der Waals surface area contributed by atoms with E-state index in [1.54, 1.807) is 11.3 Å². The van der Waals surface area contributed by atoms with Crippen LogP contribution in [0.25, 0.3) is 83.4 Å². The molecule has 1 aliphatic rings. The van der Waals surface area contributed by atoms with Crippen LogP contribution < -0.4 is 0 Å². The van der Waals surface area contributed by atoms with Crippen molar-refractivity contribution in [3.8, 4) is 45.2 Å². The lowest BCUT2D eigenvalue weighted by Crippen LogP contribution is -2.10. The van der Waals surface area contributed by atoms with Gasteiger partial charge in [0, 0.05) is 43.1 Å². The lowest BCUT2D eigenvalue weighted by atomic mass is 9.88. The van der Waals surface area contributed by atoms with Gasteiger partial charge in [0.15, 0.2) is 11.4 Å². The molecule has 0 amide bonds. The molecule has 4 heterocycles. The minimum absolute atomic E-state index is 0.0234. The Bertz CT molecular complexity index is 2680. The molecule has 0 aliphatic heterocycles. The molecule has 5 nitrogen and oxygen atoms in total. The molecule has 6 heteroatoms. The van der Waals surface area contributed by atoms with Crippen LogP contribution in [0.2, 0.25) is 0 Å². The predicted octanol–water partition coefficient (Wildman–Crippen LogP) is 11.6. The summed E-state index contributed by atoms with van der Waals surface area (Å²) in [4.78, 5) is 21.9. The SMILES string of the molecule is C1=Cc2sc3cc(-c4nc(-c5ccccc5)c5oc6ccccc6c5n4)ccc3c2C(c2nc(-c3ccccc3)cc(-c3ccccc3)n2)C1. The minimum atomic E-state index is 0.0234. The van der Waals surface area contributed by atoms with Crippen molar-refractivity contribution >= 4 is 49.6 Å². The second-order valence-corrected chi connectivity index (χ2v) is 13.6. The fourth-order valence-electron chi connectivity index (χ4n) is 7.07. The normalized spacial score (nSPS) is 14.0. The summed E-state index contributed by atoms with van der Waals surface area (Å²) in [5.41, 5.74) is 10.4. The van der Waals surface area contributed by atoms with Crippen LogP contribution in [0.4, 0.5) is 0 Å². The van der Waals surface area contributed by atoms with Crippen molar-refractivity contribution in [1.29, 1.82) is 0 Å². The summed E-state index contributed by atoms with van der Waals surface area (Å²) >= 11 is 1.80. The van der Waals surface area contributed by atoms with E-state index in [0.29, 0.717) is 11.4 Å². The van der Waals surface area contributed by atoms with Crippen molar-refractivity contribution in [3.05, 3.63) is 162 Å². The number of nitrogens with zero attached hydrogens (tertiary/aromatic N) is 4. The maximum atomic E-state index is 6.34. The van der Waals surface area contributed by atoms with Crippen molar-refractivity contribution in [2.45, 2.75) is 12.3 Å². The minimum Gasteiger partial charge on any atom is -0.452 e. The highest BCUT2D eigenvalue weighted by Gasteiger charge is 2.28. The average molecular weight is 661 g/mol. The maximum absolute atomic E-state index is 6.34. The molecular weight excluding hydrogens is 633 g/mol. The summed E-state index contributed by atoms with van der Waals surface area (Å²) in [7, 11) is 0. The molecule has 1 unspecified atom stereocenters. The number of benzene rings is 5. The molecule has 1 atom stereocenters. The van der Waals surface area contributed by atoms with Crippen LogP contribution in [0.1, 0.15) is 28.6 Å². The van der Waals surface area contributed by atoms with E-state index in [1.165, 1.54) is 20.5 Å². The van der Waals surface area contributed by atoms with Gasteiger partial charge in [-0.2, -0.15) is 0 Å². The Morgan fingerprint density at radius 3 is 1.96 bits per heavy atom. The Morgan fingerprint density at radius 1 is 0.580 bits per heavy atom. The van der Waals surface area contributed by atoms with Gasteiger partial charge >= 0.3 is 0 Å². The molecule has 0 radical (unpaired) electrons. The van der Waals surface area contributed by atoms with Crippen LogP contribution in [-0.2, 0) is 0 Å². The third-order valence-corrected chi connectivity index (χ3v) is 10.6. The van der Waals surface area contributed by atoms with Crippen LogP contribution >= 0.6 is 11.3 Å².